The van der Waals surface area contributed by atoms with Gasteiger partial charge in [-0.1, -0.05) is 49.9 Å². The molecule has 1 unspecified atom stereocenters. The van der Waals surface area contributed by atoms with Gasteiger partial charge in [-0.3, -0.25) is 9.36 Å². The summed E-state index contributed by atoms with van der Waals surface area (Å²) in [4.78, 5) is 22.1. The molecule has 0 fully saturated rings. The third-order valence-corrected chi connectivity index (χ3v) is 7.62. The quantitative estimate of drug-likeness (QED) is 0.214. The van der Waals surface area contributed by atoms with Crippen LogP contribution < -0.4 is 0 Å². The summed E-state index contributed by atoms with van der Waals surface area (Å²) >= 11 is 1.18. The van der Waals surface area contributed by atoms with Gasteiger partial charge in [-0.2, -0.15) is 0 Å². The SMILES string of the molecule is CC(=O)SCCOP(C)(=O)Cc1cc(C)c(Cc2ccc(N=O)c(C(C)C)c2)c(C)c1. The van der Waals surface area contributed by atoms with Gasteiger partial charge < -0.3 is 4.52 Å². The Morgan fingerprint density at radius 1 is 1.13 bits per heavy atom. The third-order valence-electron chi connectivity index (χ3n) is 5.17. The number of carbonyl (C=O) groups is 1. The van der Waals surface area contributed by atoms with Crippen LogP contribution in [0.15, 0.2) is 35.5 Å². The van der Waals surface area contributed by atoms with E-state index in [9.17, 15) is 14.3 Å². The molecule has 0 radical (unpaired) electrons. The van der Waals surface area contributed by atoms with Gasteiger partial charge in [0.15, 0.2) is 5.12 Å². The van der Waals surface area contributed by atoms with Crippen molar-refractivity contribution < 1.29 is 13.9 Å². The fourth-order valence-electron chi connectivity index (χ4n) is 3.71. The second kappa shape index (κ2) is 11.2. The van der Waals surface area contributed by atoms with Crippen LogP contribution in [0.1, 0.15) is 60.1 Å². The van der Waals surface area contributed by atoms with E-state index in [1.165, 1.54) is 24.2 Å². The molecule has 0 saturated heterocycles. The van der Waals surface area contributed by atoms with Crippen molar-refractivity contribution in [2.24, 2.45) is 5.18 Å². The monoisotopic (exact) mass is 461 g/mol. The minimum Gasteiger partial charge on any atom is -0.328 e. The largest absolute Gasteiger partial charge is 0.328 e. The summed E-state index contributed by atoms with van der Waals surface area (Å²) in [5.41, 5.74) is 7.12. The second-order valence-electron chi connectivity index (χ2n) is 8.37. The van der Waals surface area contributed by atoms with E-state index < -0.39 is 7.37 Å². The van der Waals surface area contributed by atoms with Crippen LogP contribution in [0.5, 0.6) is 0 Å². The van der Waals surface area contributed by atoms with Crippen LogP contribution in [0.2, 0.25) is 0 Å². The smallest absolute Gasteiger partial charge is 0.204 e. The van der Waals surface area contributed by atoms with Crippen molar-refractivity contribution in [1.29, 1.82) is 0 Å². The third kappa shape index (κ3) is 7.71. The van der Waals surface area contributed by atoms with Crippen molar-refractivity contribution in [2.45, 2.75) is 53.1 Å². The molecule has 5 nitrogen and oxygen atoms in total. The first-order valence-corrected chi connectivity index (χ1v) is 13.7. The molecule has 0 aromatic heterocycles. The summed E-state index contributed by atoms with van der Waals surface area (Å²) in [5, 5.41) is 3.19. The lowest BCUT2D eigenvalue weighted by atomic mass is 9.91. The van der Waals surface area contributed by atoms with E-state index in [0.717, 1.165) is 34.2 Å². The Kier molecular flexibility index (Phi) is 9.23. The van der Waals surface area contributed by atoms with E-state index in [-0.39, 0.29) is 11.0 Å². The number of carbonyl (C=O) groups excluding carboxylic acids is 1. The van der Waals surface area contributed by atoms with Gasteiger partial charge in [0, 0.05) is 25.5 Å². The van der Waals surface area contributed by atoms with E-state index in [2.05, 4.69) is 51.1 Å². The first kappa shape index (κ1) is 25.5. The molecule has 0 aliphatic carbocycles. The maximum absolute atomic E-state index is 12.8. The number of nitrogens with zero attached hydrogens (tertiary/aromatic N) is 1. The first-order chi connectivity index (χ1) is 14.5. The van der Waals surface area contributed by atoms with Gasteiger partial charge in [-0.25, -0.2) is 0 Å². The van der Waals surface area contributed by atoms with Crippen molar-refractivity contribution in [2.75, 3.05) is 19.0 Å². The molecule has 0 amide bonds. The topological polar surface area (TPSA) is 72.8 Å². The molecule has 0 aliphatic heterocycles. The molecular formula is C24H32NO4PS. The maximum atomic E-state index is 12.8. The molecule has 2 rings (SSSR count). The predicted octanol–water partition coefficient (Wildman–Crippen LogP) is 7.12. The molecule has 0 bridgehead atoms. The lowest BCUT2D eigenvalue weighted by Crippen LogP contribution is -2.02. The highest BCUT2D eigenvalue weighted by molar-refractivity contribution is 8.13. The van der Waals surface area contributed by atoms with Crippen LogP contribution in [0, 0.1) is 18.8 Å². The summed E-state index contributed by atoms with van der Waals surface area (Å²) in [6.07, 6.45) is 1.14. The fraction of sp³-hybridized carbons (Fsp3) is 0.458. The van der Waals surface area contributed by atoms with Crippen LogP contribution in [0.4, 0.5) is 5.69 Å². The van der Waals surface area contributed by atoms with E-state index in [4.69, 9.17) is 4.52 Å². The number of hydrogen-bond acceptors (Lipinski definition) is 6. The minimum absolute atomic E-state index is 0.0361. The number of rotatable bonds is 10. The van der Waals surface area contributed by atoms with E-state index in [1.807, 2.05) is 6.07 Å². The number of benzene rings is 2. The summed E-state index contributed by atoms with van der Waals surface area (Å²) in [5.74, 6) is 0.741. The Hall–Kier alpha value is -1.75. The summed E-state index contributed by atoms with van der Waals surface area (Å²) in [6, 6.07) is 9.99. The van der Waals surface area contributed by atoms with E-state index in [1.54, 1.807) is 12.7 Å². The Balaban J connectivity index is 2.15. The van der Waals surface area contributed by atoms with Gasteiger partial charge in [-0.05, 0) is 70.8 Å². The Bertz CT molecular complexity index is 980. The van der Waals surface area contributed by atoms with Crippen molar-refractivity contribution in [3.05, 3.63) is 68.6 Å². The lowest BCUT2D eigenvalue weighted by molar-refractivity contribution is -0.109. The normalized spacial score (nSPS) is 13.3. The Morgan fingerprint density at radius 3 is 2.32 bits per heavy atom. The molecule has 2 aromatic carbocycles. The van der Waals surface area contributed by atoms with Gasteiger partial charge in [0.25, 0.3) is 0 Å². The zero-order valence-corrected chi connectivity index (χ0v) is 20.9. The van der Waals surface area contributed by atoms with Gasteiger partial charge in [-0.15, -0.1) is 4.91 Å². The van der Waals surface area contributed by atoms with Gasteiger partial charge >= 0.3 is 0 Å². The van der Waals surface area contributed by atoms with Crippen LogP contribution in [-0.4, -0.2) is 24.1 Å². The van der Waals surface area contributed by atoms with Crippen LogP contribution in [0.25, 0.3) is 0 Å². The highest BCUT2D eigenvalue weighted by Gasteiger charge is 2.19. The van der Waals surface area contributed by atoms with Crippen molar-refractivity contribution in [3.8, 4) is 0 Å². The molecule has 1 atom stereocenters. The average Bonchev–Trinajstić information content (AvgIpc) is 2.67. The molecule has 2 aromatic rings. The molecule has 0 heterocycles. The zero-order valence-electron chi connectivity index (χ0n) is 19.2. The van der Waals surface area contributed by atoms with E-state index >= 15 is 0 Å². The minimum atomic E-state index is -2.79. The second-order valence-corrected chi connectivity index (χ2v) is 12.2. The van der Waals surface area contributed by atoms with Gasteiger partial charge in [0.05, 0.1) is 6.61 Å². The number of thioether (sulfide) groups is 1. The van der Waals surface area contributed by atoms with Crippen molar-refractivity contribution in [1.82, 2.24) is 0 Å². The van der Waals surface area contributed by atoms with Gasteiger partial charge in [0.1, 0.15) is 5.69 Å². The van der Waals surface area contributed by atoms with Crippen LogP contribution >= 0.6 is 19.1 Å². The fourth-order valence-corrected chi connectivity index (χ4v) is 5.70. The predicted molar refractivity (Wildman–Crippen MR) is 131 cm³/mol. The molecular weight excluding hydrogens is 429 g/mol. The molecule has 31 heavy (non-hydrogen) atoms. The van der Waals surface area contributed by atoms with Crippen LogP contribution in [-0.2, 0) is 26.5 Å². The van der Waals surface area contributed by atoms with Crippen molar-refractivity contribution in [3.63, 3.8) is 0 Å². The Morgan fingerprint density at radius 2 is 1.77 bits per heavy atom. The Labute approximate surface area is 189 Å². The summed E-state index contributed by atoms with van der Waals surface area (Å²) in [7, 11) is -2.79. The number of aryl methyl sites for hydroxylation is 2. The molecule has 7 heteroatoms. The highest BCUT2D eigenvalue weighted by Crippen LogP contribution is 2.46. The average molecular weight is 462 g/mol. The van der Waals surface area contributed by atoms with Gasteiger partial charge in [0.2, 0.25) is 7.37 Å². The van der Waals surface area contributed by atoms with Crippen LogP contribution in [0.3, 0.4) is 0 Å². The summed E-state index contributed by atoms with van der Waals surface area (Å²) < 4.78 is 18.4. The van der Waals surface area contributed by atoms with E-state index in [0.29, 0.717) is 24.2 Å². The maximum Gasteiger partial charge on any atom is 0.204 e. The molecule has 0 N–H and O–H groups in total. The highest BCUT2D eigenvalue weighted by atomic mass is 32.2. The number of nitroso groups, excluding NO2 is 1. The molecule has 0 saturated carbocycles. The molecule has 0 spiro atoms. The van der Waals surface area contributed by atoms with Crippen molar-refractivity contribution >= 4 is 29.9 Å². The lowest BCUT2D eigenvalue weighted by Gasteiger charge is -2.17. The number of hydrogen-bond donors (Lipinski definition) is 0. The standard InChI is InChI=1S/C24H32NO4PS/c1-16(2)22-13-20(7-8-24(22)25-27)14-23-17(3)11-21(12-18(23)4)15-30(6,28)29-9-10-31-19(5)26/h7-8,11-13,16H,9-10,14-15H2,1-6H3. The first-order valence-electron chi connectivity index (χ1n) is 10.4. The molecule has 0 aliphatic rings. The summed E-state index contributed by atoms with van der Waals surface area (Å²) in [6.45, 7) is 11.7. The zero-order chi connectivity index (χ0) is 23.2. The molecule has 168 valence electrons.